The van der Waals surface area contributed by atoms with E-state index in [9.17, 15) is 13.2 Å². The Morgan fingerprint density at radius 1 is 1.33 bits per heavy atom. The van der Waals surface area contributed by atoms with E-state index in [-0.39, 0.29) is 24.0 Å². The minimum atomic E-state index is -4.19. The molecule has 1 fully saturated rings. The van der Waals surface area contributed by atoms with E-state index in [2.05, 4.69) is 20.5 Å². The second-order valence-electron chi connectivity index (χ2n) is 5.50. The largest absolute Gasteiger partial charge is 0.403 e. The van der Waals surface area contributed by atoms with Crippen LogP contribution in [0.1, 0.15) is 12.7 Å². The minimum absolute atomic E-state index is 0. The van der Waals surface area contributed by atoms with Crippen molar-refractivity contribution in [1.29, 1.82) is 0 Å². The van der Waals surface area contributed by atoms with E-state index in [0.717, 1.165) is 5.82 Å². The van der Waals surface area contributed by atoms with E-state index < -0.39 is 12.2 Å². The third-order valence-electron chi connectivity index (χ3n) is 4.06. The Morgan fingerprint density at radius 2 is 1.96 bits per heavy atom. The molecule has 11 heteroatoms. The molecule has 1 N–H and O–H groups in total. The Balaban J connectivity index is 0.00000288. The van der Waals surface area contributed by atoms with Crippen LogP contribution in [0.5, 0.6) is 0 Å². The standard InChI is InChI=1S/C13H22F3N7.HI/c1-10(13(14,15)16)22-4-6-23(7-5-22)12(17-2)18-8-11-20-19-9-21(11)3;/h9-10H,4-8H2,1-3H3,(H,17,18);1H. The van der Waals surface area contributed by atoms with Crippen LogP contribution in [0.15, 0.2) is 11.3 Å². The van der Waals surface area contributed by atoms with Crippen molar-refractivity contribution in [3.05, 3.63) is 12.2 Å². The quantitative estimate of drug-likeness (QED) is 0.415. The molecule has 2 rings (SSSR count). The number of alkyl halides is 3. The molecule has 0 radical (unpaired) electrons. The summed E-state index contributed by atoms with van der Waals surface area (Å²) in [5.74, 6) is 1.42. The molecule has 2 heterocycles. The number of guanidine groups is 1. The Hall–Kier alpha value is -1.11. The summed E-state index contributed by atoms with van der Waals surface area (Å²) in [6.07, 6.45) is -2.58. The summed E-state index contributed by atoms with van der Waals surface area (Å²) in [5.41, 5.74) is 0. The van der Waals surface area contributed by atoms with Gasteiger partial charge < -0.3 is 14.8 Å². The van der Waals surface area contributed by atoms with Crippen LogP contribution < -0.4 is 5.32 Å². The maximum atomic E-state index is 12.8. The van der Waals surface area contributed by atoms with Gasteiger partial charge in [0.2, 0.25) is 0 Å². The van der Waals surface area contributed by atoms with Gasteiger partial charge in [-0.1, -0.05) is 0 Å². The predicted octanol–water partition coefficient (Wildman–Crippen LogP) is 1.08. The lowest BCUT2D eigenvalue weighted by molar-refractivity contribution is -0.181. The number of aryl methyl sites for hydroxylation is 1. The molecule has 0 bridgehead atoms. The van der Waals surface area contributed by atoms with Crippen LogP contribution in [-0.2, 0) is 13.6 Å². The zero-order chi connectivity index (χ0) is 17.0. The molecule has 0 saturated carbocycles. The van der Waals surface area contributed by atoms with E-state index in [4.69, 9.17) is 0 Å². The van der Waals surface area contributed by atoms with Crippen molar-refractivity contribution < 1.29 is 13.2 Å². The first-order chi connectivity index (χ1) is 10.8. The lowest BCUT2D eigenvalue weighted by atomic mass is 10.2. The Morgan fingerprint density at radius 3 is 2.42 bits per heavy atom. The van der Waals surface area contributed by atoms with Gasteiger partial charge in [-0.05, 0) is 6.92 Å². The van der Waals surface area contributed by atoms with Gasteiger partial charge in [0.05, 0.1) is 6.54 Å². The molecule has 1 aromatic rings. The molecule has 0 aromatic carbocycles. The van der Waals surface area contributed by atoms with Crippen LogP contribution in [0.25, 0.3) is 0 Å². The number of nitrogens with zero attached hydrogens (tertiary/aromatic N) is 6. The summed E-state index contributed by atoms with van der Waals surface area (Å²) < 4.78 is 40.1. The van der Waals surface area contributed by atoms with Gasteiger partial charge in [0.1, 0.15) is 12.4 Å². The SMILES string of the molecule is CN=C(NCc1nncn1C)N1CCN(C(C)C(F)(F)F)CC1.I. The van der Waals surface area contributed by atoms with E-state index in [1.54, 1.807) is 17.9 Å². The molecule has 0 aliphatic carbocycles. The third kappa shape index (κ3) is 5.19. The van der Waals surface area contributed by atoms with Crippen molar-refractivity contribution in [3.63, 3.8) is 0 Å². The lowest BCUT2D eigenvalue weighted by Crippen LogP contribution is -2.56. The number of aliphatic imine (C=N–C) groups is 1. The van der Waals surface area contributed by atoms with Crippen molar-refractivity contribution in [2.75, 3.05) is 33.2 Å². The zero-order valence-corrected chi connectivity index (χ0v) is 16.2. The summed E-state index contributed by atoms with van der Waals surface area (Å²) in [5, 5.41) is 10.9. The number of piperazine rings is 1. The summed E-state index contributed by atoms with van der Waals surface area (Å²) >= 11 is 0. The number of rotatable bonds is 3. The van der Waals surface area contributed by atoms with Crippen molar-refractivity contribution in [2.45, 2.75) is 25.7 Å². The van der Waals surface area contributed by atoms with E-state index in [1.165, 1.54) is 11.8 Å². The molecule has 1 saturated heterocycles. The van der Waals surface area contributed by atoms with Gasteiger partial charge in [-0.3, -0.25) is 9.89 Å². The topological polar surface area (TPSA) is 61.6 Å². The fraction of sp³-hybridized carbons (Fsp3) is 0.769. The molecule has 1 aromatic heterocycles. The van der Waals surface area contributed by atoms with E-state index >= 15 is 0 Å². The third-order valence-corrected chi connectivity index (χ3v) is 4.06. The van der Waals surface area contributed by atoms with Gasteiger partial charge in [-0.15, -0.1) is 34.2 Å². The number of aromatic nitrogens is 3. The van der Waals surface area contributed by atoms with Gasteiger partial charge in [0.15, 0.2) is 11.8 Å². The highest BCUT2D eigenvalue weighted by molar-refractivity contribution is 14.0. The van der Waals surface area contributed by atoms with Gasteiger partial charge >= 0.3 is 6.18 Å². The zero-order valence-electron chi connectivity index (χ0n) is 13.9. The average Bonchev–Trinajstić information content (AvgIpc) is 2.92. The second-order valence-corrected chi connectivity index (χ2v) is 5.50. The lowest BCUT2D eigenvalue weighted by Gasteiger charge is -2.39. The van der Waals surface area contributed by atoms with Crippen LogP contribution in [-0.4, -0.2) is 76.0 Å². The molecule has 0 amide bonds. The van der Waals surface area contributed by atoms with Crippen LogP contribution >= 0.6 is 24.0 Å². The highest BCUT2D eigenvalue weighted by Gasteiger charge is 2.41. The first kappa shape index (κ1) is 20.9. The molecule has 1 unspecified atom stereocenters. The number of hydrogen-bond acceptors (Lipinski definition) is 4. The summed E-state index contributed by atoms with van der Waals surface area (Å²) in [6, 6.07) is -1.42. The van der Waals surface area contributed by atoms with Gasteiger partial charge in [0.25, 0.3) is 0 Å². The molecule has 1 aliphatic heterocycles. The first-order valence-electron chi connectivity index (χ1n) is 7.42. The Kier molecular flexibility index (Phi) is 7.70. The van der Waals surface area contributed by atoms with E-state index in [0.29, 0.717) is 38.7 Å². The average molecular weight is 461 g/mol. The van der Waals surface area contributed by atoms with Crippen molar-refractivity contribution in [2.24, 2.45) is 12.0 Å². The normalized spacial score (nSPS) is 18.2. The highest BCUT2D eigenvalue weighted by Crippen LogP contribution is 2.25. The molecule has 7 nitrogen and oxygen atoms in total. The van der Waals surface area contributed by atoms with Gasteiger partial charge in [0, 0.05) is 40.3 Å². The number of halogens is 4. The fourth-order valence-corrected chi connectivity index (χ4v) is 2.49. The molecule has 0 spiro atoms. The number of nitrogens with one attached hydrogen (secondary N) is 1. The molecular weight excluding hydrogens is 438 g/mol. The maximum Gasteiger partial charge on any atom is 0.403 e. The fourth-order valence-electron chi connectivity index (χ4n) is 2.49. The Bertz CT molecular complexity index is 538. The molecule has 1 atom stereocenters. The smallest absolute Gasteiger partial charge is 0.349 e. The van der Waals surface area contributed by atoms with Crippen molar-refractivity contribution in [3.8, 4) is 0 Å². The van der Waals surface area contributed by atoms with Crippen molar-refractivity contribution in [1.82, 2.24) is 29.9 Å². The van der Waals surface area contributed by atoms with Crippen LogP contribution in [0.2, 0.25) is 0 Å². The van der Waals surface area contributed by atoms with Crippen LogP contribution in [0.3, 0.4) is 0 Å². The molecule has 138 valence electrons. The molecule has 1 aliphatic rings. The molecule has 24 heavy (non-hydrogen) atoms. The first-order valence-corrected chi connectivity index (χ1v) is 7.42. The van der Waals surface area contributed by atoms with Crippen LogP contribution in [0.4, 0.5) is 13.2 Å². The summed E-state index contributed by atoms with van der Waals surface area (Å²) in [6.45, 7) is 3.37. The van der Waals surface area contributed by atoms with Gasteiger partial charge in [-0.25, -0.2) is 0 Å². The Labute approximate surface area is 156 Å². The summed E-state index contributed by atoms with van der Waals surface area (Å²) in [7, 11) is 3.50. The number of hydrogen-bond donors (Lipinski definition) is 1. The van der Waals surface area contributed by atoms with Crippen molar-refractivity contribution >= 4 is 29.9 Å². The predicted molar refractivity (Wildman–Crippen MR) is 95.3 cm³/mol. The monoisotopic (exact) mass is 461 g/mol. The maximum absolute atomic E-state index is 12.8. The van der Waals surface area contributed by atoms with E-state index in [1.807, 2.05) is 11.9 Å². The summed E-state index contributed by atoms with van der Waals surface area (Å²) in [4.78, 5) is 7.60. The minimum Gasteiger partial charge on any atom is -0.349 e. The van der Waals surface area contributed by atoms with Gasteiger partial charge in [-0.2, -0.15) is 13.2 Å². The second kappa shape index (κ2) is 8.83. The molecular formula is C13H23F3IN7. The van der Waals surface area contributed by atoms with Crippen LogP contribution in [0, 0.1) is 0 Å². The highest BCUT2D eigenvalue weighted by atomic mass is 127.